The summed E-state index contributed by atoms with van der Waals surface area (Å²) >= 11 is 0. The highest BCUT2D eigenvalue weighted by atomic mass is 16.3. The quantitative estimate of drug-likeness (QED) is 0.856. The Bertz CT molecular complexity index is 404. The average molecular weight is 260 g/mol. The minimum absolute atomic E-state index is 0.121. The van der Waals surface area contributed by atoms with Gasteiger partial charge < -0.3 is 5.11 Å². The molecule has 1 N–H and O–H groups in total. The topological polar surface area (TPSA) is 20.2 Å². The Morgan fingerprint density at radius 2 is 1.79 bits per heavy atom. The van der Waals surface area contributed by atoms with Gasteiger partial charge in [0, 0.05) is 0 Å². The van der Waals surface area contributed by atoms with Crippen LogP contribution in [-0.2, 0) is 6.42 Å². The summed E-state index contributed by atoms with van der Waals surface area (Å²) in [4.78, 5) is 0. The molecule has 19 heavy (non-hydrogen) atoms. The molecule has 3 unspecified atom stereocenters. The predicted molar refractivity (Wildman–Crippen MR) is 81.2 cm³/mol. The highest BCUT2D eigenvalue weighted by molar-refractivity contribution is 5.22. The summed E-state index contributed by atoms with van der Waals surface area (Å²) in [6.07, 6.45) is 4.34. The third kappa shape index (κ3) is 3.60. The predicted octanol–water partition coefficient (Wildman–Crippen LogP) is 4.36. The number of aliphatic hydroxyl groups excluding tert-OH is 1. The molecule has 1 aliphatic rings. The summed E-state index contributed by atoms with van der Waals surface area (Å²) in [6.45, 7) is 9.01. The third-order valence-electron chi connectivity index (χ3n) is 4.86. The van der Waals surface area contributed by atoms with E-state index in [1.165, 1.54) is 24.0 Å². The first-order valence-electron chi connectivity index (χ1n) is 7.62. The summed E-state index contributed by atoms with van der Waals surface area (Å²) in [5, 5.41) is 10.4. The Kier molecular flexibility index (Phi) is 4.35. The Hall–Kier alpha value is -0.820. The van der Waals surface area contributed by atoms with Gasteiger partial charge in [0.15, 0.2) is 0 Å². The fourth-order valence-electron chi connectivity index (χ4n) is 3.63. The maximum absolute atomic E-state index is 10.4. The summed E-state index contributed by atoms with van der Waals surface area (Å²) in [5.41, 5.74) is 2.88. The monoisotopic (exact) mass is 260 g/mol. The van der Waals surface area contributed by atoms with E-state index in [4.69, 9.17) is 0 Å². The van der Waals surface area contributed by atoms with E-state index < -0.39 is 0 Å². The lowest BCUT2D eigenvalue weighted by atomic mass is 9.65. The van der Waals surface area contributed by atoms with E-state index in [0.29, 0.717) is 11.8 Å². The molecule has 0 aromatic heterocycles. The van der Waals surface area contributed by atoms with Gasteiger partial charge in [0.25, 0.3) is 0 Å². The van der Waals surface area contributed by atoms with Crippen LogP contribution < -0.4 is 0 Å². The Balaban J connectivity index is 2.07. The number of benzene rings is 1. The molecule has 0 radical (unpaired) electrons. The summed E-state index contributed by atoms with van der Waals surface area (Å²) in [5.74, 6) is 1.12. The van der Waals surface area contributed by atoms with Gasteiger partial charge in [-0.2, -0.15) is 0 Å². The maximum atomic E-state index is 10.4. The van der Waals surface area contributed by atoms with Crippen LogP contribution >= 0.6 is 0 Å². The molecule has 106 valence electrons. The number of rotatable bonds is 3. The smallest absolute Gasteiger partial charge is 0.0576 e. The van der Waals surface area contributed by atoms with Gasteiger partial charge in [0.2, 0.25) is 0 Å². The van der Waals surface area contributed by atoms with Crippen molar-refractivity contribution < 1.29 is 5.11 Å². The molecule has 0 amide bonds. The van der Waals surface area contributed by atoms with Gasteiger partial charge in [0.05, 0.1) is 6.10 Å². The van der Waals surface area contributed by atoms with Gasteiger partial charge in [-0.25, -0.2) is 0 Å². The van der Waals surface area contributed by atoms with Crippen LogP contribution in [0.1, 0.15) is 51.2 Å². The number of aliphatic hydroxyl groups is 1. The largest absolute Gasteiger partial charge is 0.393 e. The molecule has 0 spiro atoms. The molecule has 1 nitrogen and oxygen atoms in total. The van der Waals surface area contributed by atoms with Crippen molar-refractivity contribution in [3.63, 3.8) is 0 Å². The number of hydrogen-bond donors (Lipinski definition) is 1. The van der Waals surface area contributed by atoms with Crippen molar-refractivity contribution in [2.75, 3.05) is 0 Å². The molecule has 0 heterocycles. The Labute approximate surface area is 118 Å². The van der Waals surface area contributed by atoms with Crippen LogP contribution in [0.15, 0.2) is 24.3 Å². The van der Waals surface area contributed by atoms with Gasteiger partial charge >= 0.3 is 0 Å². The van der Waals surface area contributed by atoms with Crippen LogP contribution in [0.25, 0.3) is 0 Å². The summed E-state index contributed by atoms with van der Waals surface area (Å²) < 4.78 is 0. The molecule has 3 atom stereocenters. The van der Waals surface area contributed by atoms with Gasteiger partial charge in [-0.15, -0.1) is 0 Å². The molecule has 0 bridgehead atoms. The molecule has 1 fully saturated rings. The van der Waals surface area contributed by atoms with E-state index in [2.05, 4.69) is 52.0 Å². The van der Waals surface area contributed by atoms with Gasteiger partial charge in [0.1, 0.15) is 0 Å². The molecule has 1 heteroatoms. The molecule has 0 saturated heterocycles. The lowest BCUT2D eigenvalue weighted by Crippen LogP contribution is -2.39. The van der Waals surface area contributed by atoms with E-state index in [-0.39, 0.29) is 11.5 Å². The van der Waals surface area contributed by atoms with Crippen molar-refractivity contribution in [1.82, 2.24) is 0 Å². The normalized spacial score (nSPS) is 28.4. The second kappa shape index (κ2) is 5.66. The SMILES string of the molecule is Cc1ccc(CC(C)(C)C2CCC(C)CC2O)cc1. The number of aryl methyl sites for hydroxylation is 1. The van der Waals surface area contributed by atoms with Crippen molar-refractivity contribution >= 4 is 0 Å². The molecule has 1 saturated carbocycles. The lowest BCUT2D eigenvalue weighted by molar-refractivity contribution is -0.0125. The van der Waals surface area contributed by atoms with Crippen LogP contribution in [0.4, 0.5) is 0 Å². The molecular formula is C18H28O. The second-order valence-corrected chi connectivity index (χ2v) is 7.24. The van der Waals surface area contributed by atoms with Crippen LogP contribution in [0.3, 0.4) is 0 Å². The zero-order valence-corrected chi connectivity index (χ0v) is 12.8. The van der Waals surface area contributed by atoms with Crippen molar-refractivity contribution in [2.45, 2.75) is 59.5 Å². The minimum Gasteiger partial charge on any atom is -0.393 e. The molecule has 0 aliphatic heterocycles. The molecule has 2 rings (SSSR count). The van der Waals surface area contributed by atoms with Crippen molar-refractivity contribution in [3.8, 4) is 0 Å². The first kappa shape index (κ1) is 14.6. The van der Waals surface area contributed by atoms with Crippen molar-refractivity contribution in [3.05, 3.63) is 35.4 Å². The third-order valence-corrected chi connectivity index (χ3v) is 4.86. The van der Waals surface area contributed by atoms with Gasteiger partial charge in [-0.3, -0.25) is 0 Å². The zero-order valence-electron chi connectivity index (χ0n) is 12.8. The first-order valence-corrected chi connectivity index (χ1v) is 7.62. The minimum atomic E-state index is -0.121. The van der Waals surface area contributed by atoms with Crippen molar-refractivity contribution in [2.24, 2.45) is 17.3 Å². The van der Waals surface area contributed by atoms with E-state index >= 15 is 0 Å². The summed E-state index contributed by atoms with van der Waals surface area (Å²) in [6, 6.07) is 8.83. The number of hydrogen-bond acceptors (Lipinski definition) is 1. The van der Waals surface area contributed by atoms with E-state index in [1.54, 1.807) is 0 Å². The van der Waals surface area contributed by atoms with E-state index in [9.17, 15) is 5.11 Å². The Morgan fingerprint density at radius 1 is 1.16 bits per heavy atom. The van der Waals surface area contributed by atoms with E-state index in [0.717, 1.165) is 12.8 Å². The van der Waals surface area contributed by atoms with Crippen LogP contribution in [-0.4, -0.2) is 11.2 Å². The highest BCUT2D eigenvalue weighted by Crippen LogP contribution is 2.42. The lowest BCUT2D eigenvalue weighted by Gasteiger charge is -2.42. The molecule has 1 aromatic carbocycles. The van der Waals surface area contributed by atoms with Gasteiger partial charge in [-0.1, -0.05) is 57.0 Å². The van der Waals surface area contributed by atoms with Crippen molar-refractivity contribution in [1.29, 1.82) is 0 Å². The molecule has 1 aliphatic carbocycles. The standard InChI is InChI=1S/C18H28O/c1-13-5-8-15(9-6-13)12-18(3,4)16-10-7-14(2)11-17(16)19/h5-6,8-9,14,16-17,19H,7,10-12H2,1-4H3. The zero-order chi connectivity index (χ0) is 14.0. The van der Waals surface area contributed by atoms with Crippen LogP contribution in [0, 0.1) is 24.2 Å². The Morgan fingerprint density at radius 3 is 2.37 bits per heavy atom. The summed E-state index contributed by atoms with van der Waals surface area (Å²) in [7, 11) is 0. The van der Waals surface area contributed by atoms with E-state index in [1.807, 2.05) is 0 Å². The molecular weight excluding hydrogens is 232 g/mol. The van der Waals surface area contributed by atoms with Crippen LogP contribution in [0.2, 0.25) is 0 Å². The molecule has 1 aromatic rings. The fourth-order valence-corrected chi connectivity index (χ4v) is 3.63. The van der Waals surface area contributed by atoms with Crippen LogP contribution in [0.5, 0.6) is 0 Å². The average Bonchev–Trinajstić information content (AvgIpc) is 2.31. The highest BCUT2D eigenvalue weighted by Gasteiger charge is 2.38. The van der Waals surface area contributed by atoms with Gasteiger partial charge in [-0.05, 0) is 49.0 Å². The fraction of sp³-hybridized carbons (Fsp3) is 0.667. The maximum Gasteiger partial charge on any atom is 0.0576 e. The first-order chi connectivity index (χ1) is 8.88. The second-order valence-electron chi connectivity index (χ2n) is 7.24.